The molecule has 0 bridgehead atoms. The molecule has 0 aromatic heterocycles. The van der Waals surface area contributed by atoms with Crippen molar-refractivity contribution in [2.45, 2.75) is 12.3 Å². The second-order valence-electron chi connectivity index (χ2n) is 2.87. The largest absolute Gasteiger partial charge is 0.481 e. The van der Waals surface area contributed by atoms with Gasteiger partial charge in [0, 0.05) is 0 Å². The summed E-state index contributed by atoms with van der Waals surface area (Å²) in [5.74, 6) is -1.02. The van der Waals surface area contributed by atoms with Crippen molar-refractivity contribution in [1.29, 1.82) is 0 Å². The SMILES string of the molecule is [CH]C(C)(C(=O)O)c1ccccc1. The molecule has 2 radical (unpaired) electrons. The number of rotatable bonds is 2. The summed E-state index contributed by atoms with van der Waals surface area (Å²) in [6.45, 7) is 7.06. The average molecular weight is 162 g/mol. The van der Waals surface area contributed by atoms with E-state index in [1.165, 1.54) is 6.92 Å². The summed E-state index contributed by atoms with van der Waals surface area (Å²) in [5.41, 5.74) is -0.682. The normalized spacial score (nSPS) is 11.2. The fourth-order valence-corrected chi connectivity index (χ4v) is 0.908. The topological polar surface area (TPSA) is 37.3 Å². The zero-order valence-corrected chi connectivity index (χ0v) is 6.82. The first-order chi connectivity index (χ1) is 5.55. The fraction of sp³-hybridized carbons (Fsp3) is 0.200. The van der Waals surface area contributed by atoms with Crippen molar-refractivity contribution in [1.82, 2.24) is 0 Å². The van der Waals surface area contributed by atoms with Crippen molar-refractivity contribution >= 4 is 5.97 Å². The Morgan fingerprint density at radius 2 is 1.92 bits per heavy atom. The van der Waals surface area contributed by atoms with Crippen LogP contribution in [0.5, 0.6) is 0 Å². The van der Waals surface area contributed by atoms with Crippen molar-refractivity contribution in [3.8, 4) is 0 Å². The Balaban J connectivity index is 3.06. The van der Waals surface area contributed by atoms with Crippen LogP contribution >= 0.6 is 0 Å². The number of carboxylic acids is 1. The van der Waals surface area contributed by atoms with Gasteiger partial charge in [-0.15, -0.1) is 0 Å². The highest BCUT2D eigenvalue weighted by atomic mass is 16.4. The molecule has 1 aromatic rings. The van der Waals surface area contributed by atoms with Crippen LogP contribution in [0.15, 0.2) is 30.3 Å². The van der Waals surface area contributed by atoms with Crippen LogP contribution in [0.25, 0.3) is 0 Å². The summed E-state index contributed by atoms with van der Waals surface area (Å²) in [6, 6.07) is 8.76. The molecule has 62 valence electrons. The number of hydrogen-bond donors (Lipinski definition) is 1. The third-order valence-corrected chi connectivity index (χ3v) is 1.82. The molecule has 1 unspecified atom stereocenters. The molecule has 12 heavy (non-hydrogen) atoms. The smallest absolute Gasteiger partial charge is 0.314 e. The highest BCUT2D eigenvalue weighted by Gasteiger charge is 2.29. The summed E-state index contributed by atoms with van der Waals surface area (Å²) in [5, 5.41) is 8.77. The Bertz CT molecular complexity index is 275. The molecule has 1 N–H and O–H groups in total. The lowest BCUT2D eigenvalue weighted by atomic mass is 9.85. The van der Waals surface area contributed by atoms with Gasteiger partial charge in [0.15, 0.2) is 0 Å². The van der Waals surface area contributed by atoms with Gasteiger partial charge in [0.1, 0.15) is 0 Å². The van der Waals surface area contributed by atoms with Gasteiger partial charge in [0.25, 0.3) is 0 Å². The summed E-state index contributed by atoms with van der Waals surface area (Å²) in [7, 11) is 0. The van der Waals surface area contributed by atoms with Crippen LogP contribution in [0, 0.1) is 6.92 Å². The van der Waals surface area contributed by atoms with E-state index in [-0.39, 0.29) is 0 Å². The summed E-state index contributed by atoms with van der Waals surface area (Å²) < 4.78 is 0. The summed E-state index contributed by atoms with van der Waals surface area (Å²) in [6.07, 6.45) is 0. The van der Waals surface area contributed by atoms with E-state index in [1.54, 1.807) is 24.3 Å². The first-order valence-electron chi connectivity index (χ1n) is 3.63. The lowest BCUT2D eigenvalue weighted by molar-refractivity contribution is -0.141. The molecule has 2 nitrogen and oxygen atoms in total. The second kappa shape index (κ2) is 2.97. The minimum absolute atomic E-state index is 0.609. The van der Waals surface area contributed by atoms with Gasteiger partial charge in [-0.05, 0) is 19.4 Å². The minimum atomic E-state index is -1.29. The molecular weight excluding hydrogens is 152 g/mol. The Morgan fingerprint density at radius 1 is 1.42 bits per heavy atom. The Hall–Kier alpha value is -1.31. The highest BCUT2D eigenvalue weighted by molar-refractivity contribution is 5.81. The maximum atomic E-state index is 10.7. The van der Waals surface area contributed by atoms with Crippen LogP contribution in [0.4, 0.5) is 0 Å². The molecular formula is C10H10O2. The molecule has 0 saturated carbocycles. The maximum Gasteiger partial charge on any atom is 0.314 e. The van der Waals surface area contributed by atoms with Crippen molar-refractivity contribution in [2.24, 2.45) is 0 Å². The van der Waals surface area contributed by atoms with Crippen molar-refractivity contribution in [3.63, 3.8) is 0 Å². The standard InChI is InChI=1S/C10H10O2/c1-10(2,9(11)12)8-6-4-3-5-7-8/h1,3-7H,2H3,(H,11,12). The molecule has 1 atom stereocenters. The Labute approximate surface area is 71.8 Å². The lowest BCUT2D eigenvalue weighted by Crippen LogP contribution is -2.28. The zero-order valence-electron chi connectivity index (χ0n) is 6.82. The first kappa shape index (κ1) is 8.78. The molecule has 0 amide bonds. The van der Waals surface area contributed by atoms with E-state index in [1.807, 2.05) is 6.07 Å². The fourth-order valence-electron chi connectivity index (χ4n) is 0.908. The minimum Gasteiger partial charge on any atom is -0.481 e. The molecule has 0 aliphatic rings. The number of carbonyl (C=O) groups is 1. The molecule has 0 fully saturated rings. The monoisotopic (exact) mass is 162 g/mol. The average Bonchev–Trinajstić information content (AvgIpc) is 2.06. The Morgan fingerprint density at radius 3 is 2.33 bits per heavy atom. The van der Waals surface area contributed by atoms with E-state index >= 15 is 0 Å². The first-order valence-corrected chi connectivity index (χ1v) is 3.63. The quantitative estimate of drug-likeness (QED) is 0.719. The van der Waals surface area contributed by atoms with Crippen LogP contribution in [-0.2, 0) is 10.2 Å². The number of carboxylic acid groups (broad SMARTS) is 1. The molecule has 0 aliphatic carbocycles. The van der Waals surface area contributed by atoms with Gasteiger partial charge >= 0.3 is 5.97 Å². The van der Waals surface area contributed by atoms with E-state index in [0.29, 0.717) is 5.56 Å². The maximum absolute atomic E-state index is 10.7. The lowest BCUT2D eigenvalue weighted by Gasteiger charge is -2.18. The van der Waals surface area contributed by atoms with Crippen LogP contribution in [0.3, 0.4) is 0 Å². The van der Waals surface area contributed by atoms with Crippen LogP contribution < -0.4 is 0 Å². The molecule has 0 aliphatic heterocycles. The van der Waals surface area contributed by atoms with Gasteiger partial charge in [-0.1, -0.05) is 30.3 Å². The van der Waals surface area contributed by atoms with E-state index in [0.717, 1.165) is 0 Å². The van der Waals surface area contributed by atoms with Gasteiger partial charge in [-0.2, -0.15) is 0 Å². The van der Waals surface area contributed by atoms with Gasteiger partial charge in [0.05, 0.1) is 5.41 Å². The van der Waals surface area contributed by atoms with E-state index in [9.17, 15) is 4.79 Å². The highest BCUT2D eigenvalue weighted by Crippen LogP contribution is 2.21. The second-order valence-corrected chi connectivity index (χ2v) is 2.87. The third kappa shape index (κ3) is 1.47. The molecule has 2 heteroatoms. The van der Waals surface area contributed by atoms with Crippen molar-refractivity contribution in [3.05, 3.63) is 42.8 Å². The third-order valence-electron chi connectivity index (χ3n) is 1.82. The number of benzene rings is 1. The molecule has 0 spiro atoms. The van der Waals surface area contributed by atoms with Gasteiger partial charge in [-0.3, -0.25) is 4.79 Å². The van der Waals surface area contributed by atoms with E-state index in [2.05, 4.69) is 0 Å². The van der Waals surface area contributed by atoms with Gasteiger partial charge < -0.3 is 5.11 Å². The molecule has 0 heterocycles. The van der Waals surface area contributed by atoms with Crippen LogP contribution in [0.1, 0.15) is 12.5 Å². The van der Waals surface area contributed by atoms with Gasteiger partial charge in [-0.25, -0.2) is 0 Å². The zero-order chi connectivity index (χ0) is 9.19. The van der Waals surface area contributed by atoms with Crippen molar-refractivity contribution < 1.29 is 9.90 Å². The summed E-state index contributed by atoms with van der Waals surface area (Å²) in [4.78, 5) is 10.7. The predicted octanol–water partition coefficient (Wildman–Crippen LogP) is 1.74. The van der Waals surface area contributed by atoms with Crippen molar-refractivity contribution in [2.75, 3.05) is 0 Å². The predicted molar refractivity (Wildman–Crippen MR) is 45.7 cm³/mol. The molecule has 1 rings (SSSR count). The number of hydrogen-bond acceptors (Lipinski definition) is 1. The molecule has 0 saturated heterocycles. The van der Waals surface area contributed by atoms with Crippen LogP contribution in [-0.4, -0.2) is 11.1 Å². The van der Waals surface area contributed by atoms with Gasteiger partial charge in [0.2, 0.25) is 0 Å². The van der Waals surface area contributed by atoms with Crippen LogP contribution in [0.2, 0.25) is 0 Å². The van der Waals surface area contributed by atoms with E-state index in [4.69, 9.17) is 12.0 Å². The number of aliphatic carboxylic acids is 1. The Kier molecular flexibility index (Phi) is 2.18. The van der Waals surface area contributed by atoms with E-state index < -0.39 is 11.4 Å². The molecule has 1 aromatic carbocycles. The summed E-state index contributed by atoms with van der Waals surface area (Å²) >= 11 is 0.